The van der Waals surface area contributed by atoms with Crippen LogP contribution in [0.2, 0.25) is 5.02 Å². The normalized spacial score (nSPS) is 18.8. The highest BCUT2D eigenvalue weighted by molar-refractivity contribution is 6.30. The van der Waals surface area contributed by atoms with Crippen LogP contribution in [0.1, 0.15) is 36.2 Å². The quantitative estimate of drug-likeness (QED) is 0.615. The van der Waals surface area contributed by atoms with Gasteiger partial charge < -0.3 is 20.0 Å². The number of aromatic nitrogens is 2. The molecular formula is C22H24ClN5O3. The predicted octanol–water partition coefficient (Wildman–Crippen LogP) is 4.19. The number of carbonyl (C=O) groups is 2. The molecule has 0 atom stereocenters. The summed E-state index contributed by atoms with van der Waals surface area (Å²) in [6.07, 6.45) is 8.10. The van der Waals surface area contributed by atoms with Gasteiger partial charge in [0.15, 0.2) is 5.58 Å². The second kappa shape index (κ2) is 9.03. The van der Waals surface area contributed by atoms with Crippen LogP contribution >= 0.6 is 11.6 Å². The van der Waals surface area contributed by atoms with Gasteiger partial charge in [-0.25, -0.2) is 4.98 Å². The average Bonchev–Trinajstić information content (AvgIpc) is 3.14. The number of nitrogens with zero attached hydrogens (tertiary/aromatic N) is 3. The molecular weight excluding hydrogens is 418 g/mol. The summed E-state index contributed by atoms with van der Waals surface area (Å²) in [6.45, 7) is 0. The minimum absolute atomic E-state index is 0.00933. The fourth-order valence-corrected chi connectivity index (χ4v) is 4.05. The highest BCUT2D eigenvalue weighted by Crippen LogP contribution is 2.33. The van der Waals surface area contributed by atoms with Gasteiger partial charge in [-0.1, -0.05) is 11.6 Å². The molecule has 1 aliphatic carbocycles. The maximum absolute atomic E-state index is 13.0. The Kier molecular flexibility index (Phi) is 6.20. The lowest BCUT2D eigenvalue weighted by Crippen LogP contribution is -2.35. The fourth-order valence-electron chi connectivity index (χ4n) is 3.94. The van der Waals surface area contributed by atoms with E-state index in [4.69, 9.17) is 16.0 Å². The molecule has 2 amide bonds. The molecule has 1 aliphatic rings. The second-order valence-electron chi connectivity index (χ2n) is 7.95. The molecule has 4 rings (SSSR count). The number of nitrogens with one attached hydrogen (secondary N) is 2. The van der Waals surface area contributed by atoms with E-state index in [2.05, 4.69) is 39.6 Å². The van der Waals surface area contributed by atoms with Gasteiger partial charge in [-0.05, 0) is 58.0 Å². The maximum Gasteiger partial charge on any atom is 0.294 e. The van der Waals surface area contributed by atoms with Crippen molar-refractivity contribution in [1.29, 1.82) is 0 Å². The van der Waals surface area contributed by atoms with E-state index >= 15 is 0 Å². The first-order chi connectivity index (χ1) is 14.9. The van der Waals surface area contributed by atoms with Crippen molar-refractivity contribution in [2.24, 2.45) is 5.92 Å². The van der Waals surface area contributed by atoms with E-state index < -0.39 is 5.91 Å². The molecule has 3 aromatic rings. The summed E-state index contributed by atoms with van der Waals surface area (Å²) in [6, 6.07) is 5.43. The van der Waals surface area contributed by atoms with Crippen LogP contribution in [-0.4, -0.2) is 46.8 Å². The topological polar surface area (TPSA) is 100 Å². The van der Waals surface area contributed by atoms with E-state index in [1.807, 2.05) is 0 Å². The minimum atomic E-state index is -0.516. The highest BCUT2D eigenvalue weighted by atomic mass is 35.5. The van der Waals surface area contributed by atoms with Crippen LogP contribution in [0, 0.1) is 5.92 Å². The van der Waals surface area contributed by atoms with E-state index in [0.29, 0.717) is 33.5 Å². The molecule has 0 radical (unpaired) electrons. The number of fused-ring (bicyclic) bond motifs is 1. The maximum atomic E-state index is 13.0. The van der Waals surface area contributed by atoms with E-state index in [1.165, 1.54) is 12.4 Å². The van der Waals surface area contributed by atoms with Crippen molar-refractivity contribution in [3.8, 4) is 0 Å². The van der Waals surface area contributed by atoms with Crippen LogP contribution in [0.25, 0.3) is 11.0 Å². The molecule has 0 aliphatic heterocycles. The van der Waals surface area contributed by atoms with Crippen LogP contribution < -0.4 is 10.6 Å². The second-order valence-corrected chi connectivity index (χ2v) is 8.39. The summed E-state index contributed by atoms with van der Waals surface area (Å²) in [5.41, 5.74) is 0.770. The van der Waals surface area contributed by atoms with Gasteiger partial charge in [-0.2, -0.15) is 0 Å². The van der Waals surface area contributed by atoms with Crippen molar-refractivity contribution in [1.82, 2.24) is 14.9 Å². The zero-order chi connectivity index (χ0) is 22.0. The van der Waals surface area contributed by atoms with Gasteiger partial charge in [0.1, 0.15) is 11.5 Å². The Morgan fingerprint density at radius 2 is 1.87 bits per heavy atom. The van der Waals surface area contributed by atoms with Gasteiger partial charge in [0.25, 0.3) is 5.91 Å². The van der Waals surface area contributed by atoms with Crippen LogP contribution in [0.5, 0.6) is 0 Å². The van der Waals surface area contributed by atoms with Crippen LogP contribution in [0.3, 0.4) is 0 Å². The third kappa shape index (κ3) is 4.70. The number of carbonyl (C=O) groups excluding carboxylic acids is 2. The van der Waals surface area contributed by atoms with E-state index in [-0.39, 0.29) is 17.6 Å². The molecule has 0 saturated heterocycles. The Morgan fingerprint density at radius 3 is 2.55 bits per heavy atom. The lowest BCUT2D eigenvalue weighted by molar-refractivity contribution is -0.121. The summed E-state index contributed by atoms with van der Waals surface area (Å²) < 4.78 is 5.74. The molecule has 31 heavy (non-hydrogen) atoms. The van der Waals surface area contributed by atoms with Crippen molar-refractivity contribution < 1.29 is 14.0 Å². The van der Waals surface area contributed by atoms with Crippen molar-refractivity contribution in [2.45, 2.75) is 31.7 Å². The molecule has 162 valence electrons. The Hall–Kier alpha value is -2.97. The molecule has 3 heterocycles. The molecule has 0 bridgehead atoms. The summed E-state index contributed by atoms with van der Waals surface area (Å²) in [4.78, 5) is 36.3. The van der Waals surface area contributed by atoms with Crippen molar-refractivity contribution in [3.63, 3.8) is 0 Å². The van der Waals surface area contributed by atoms with Crippen molar-refractivity contribution in [2.75, 3.05) is 24.7 Å². The molecule has 0 unspecified atom stereocenters. The number of hydrogen-bond acceptors (Lipinski definition) is 6. The Labute approximate surface area is 185 Å². The summed E-state index contributed by atoms with van der Waals surface area (Å²) in [5.74, 6) is -0.382. The lowest BCUT2D eigenvalue weighted by Gasteiger charge is -2.31. The molecule has 3 aromatic heterocycles. The molecule has 8 nitrogen and oxygen atoms in total. The number of amides is 2. The van der Waals surface area contributed by atoms with Gasteiger partial charge >= 0.3 is 0 Å². The molecule has 1 saturated carbocycles. The number of furan rings is 1. The zero-order valence-electron chi connectivity index (χ0n) is 17.4. The first-order valence-corrected chi connectivity index (χ1v) is 10.6. The Balaban J connectivity index is 1.56. The molecule has 9 heteroatoms. The lowest BCUT2D eigenvalue weighted by atomic mass is 9.85. The SMILES string of the molecule is CN(C)[C@H]1CC[C@H](C(=O)Nc2c(C(=O)Nc3ccc(Cl)cn3)oc3cnccc23)CC1. The highest BCUT2D eigenvalue weighted by Gasteiger charge is 2.30. The largest absolute Gasteiger partial charge is 0.447 e. The first kappa shape index (κ1) is 21.3. The number of rotatable bonds is 5. The molecule has 0 aromatic carbocycles. The van der Waals surface area contributed by atoms with Crippen LogP contribution in [-0.2, 0) is 4.79 Å². The zero-order valence-corrected chi connectivity index (χ0v) is 18.1. The monoisotopic (exact) mass is 441 g/mol. The van der Waals surface area contributed by atoms with E-state index in [0.717, 1.165) is 25.7 Å². The number of halogens is 1. The van der Waals surface area contributed by atoms with Gasteiger partial charge in [-0.15, -0.1) is 0 Å². The van der Waals surface area contributed by atoms with E-state index in [9.17, 15) is 9.59 Å². The summed E-state index contributed by atoms with van der Waals surface area (Å²) in [5, 5.41) is 6.71. The standard InChI is InChI=1S/C22H24ClN5O3/c1-28(2)15-6-3-13(4-7-15)21(29)27-19-16-9-10-24-12-17(16)31-20(19)22(30)26-18-8-5-14(23)11-25-18/h5,8-13,15H,3-4,6-7H2,1-2H3,(H,27,29)(H,25,26,30)/t13-,15-. The fraction of sp³-hybridized carbons (Fsp3) is 0.364. The van der Waals surface area contributed by atoms with Crippen molar-refractivity contribution >= 4 is 45.9 Å². The smallest absolute Gasteiger partial charge is 0.294 e. The predicted molar refractivity (Wildman–Crippen MR) is 119 cm³/mol. The summed E-state index contributed by atoms with van der Waals surface area (Å²) in [7, 11) is 4.13. The van der Waals surface area contributed by atoms with Crippen LogP contribution in [0.4, 0.5) is 11.5 Å². The molecule has 0 spiro atoms. The molecule has 2 N–H and O–H groups in total. The minimum Gasteiger partial charge on any atom is -0.447 e. The number of pyridine rings is 2. The third-order valence-electron chi connectivity index (χ3n) is 5.71. The van der Waals surface area contributed by atoms with Crippen molar-refractivity contribution in [3.05, 3.63) is 47.6 Å². The van der Waals surface area contributed by atoms with Gasteiger partial charge in [-0.3, -0.25) is 14.6 Å². The van der Waals surface area contributed by atoms with Gasteiger partial charge in [0, 0.05) is 29.7 Å². The number of anilines is 2. The Bertz CT molecular complexity index is 1090. The van der Waals surface area contributed by atoms with Gasteiger partial charge in [0.05, 0.1) is 11.2 Å². The average molecular weight is 442 g/mol. The first-order valence-electron chi connectivity index (χ1n) is 10.2. The third-order valence-corrected chi connectivity index (χ3v) is 5.94. The van der Waals surface area contributed by atoms with Gasteiger partial charge in [0.2, 0.25) is 11.7 Å². The Morgan fingerprint density at radius 1 is 1.10 bits per heavy atom. The van der Waals surface area contributed by atoms with Crippen LogP contribution in [0.15, 0.2) is 41.2 Å². The number of hydrogen-bond donors (Lipinski definition) is 2. The summed E-state index contributed by atoms with van der Waals surface area (Å²) >= 11 is 5.85. The molecule has 1 fully saturated rings. The van der Waals surface area contributed by atoms with E-state index in [1.54, 1.807) is 24.4 Å².